The fraction of sp³-hybridized carbons (Fsp3) is 0. The van der Waals surface area contributed by atoms with E-state index in [-0.39, 0.29) is 11.3 Å². The van der Waals surface area contributed by atoms with Crippen molar-refractivity contribution >= 4 is 39.9 Å². The van der Waals surface area contributed by atoms with Crippen LogP contribution in [0.2, 0.25) is 0 Å². The van der Waals surface area contributed by atoms with Crippen molar-refractivity contribution < 1.29 is 13.7 Å². The average molecular weight is 374 g/mol. The number of rotatable bonds is 3. The number of benzene rings is 2. The average Bonchev–Trinajstić information content (AvgIpc) is 2.41. The molecular weight excluding hydrogens is 365 g/mol. The topological polar surface area (TPSA) is 41.1 Å². The van der Waals surface area contributed by atoms with Gasteiger partial charge in [-0.05, 0) is 52.9 Å². The lowest BCUT2D eigenvalue weighted by molar-refractivity contribution is 0.0860. The van der Waals surface area contributed by atoms with Crippen molar-refractivity contribution in [3.05, 3.63) is 57.4 Å². The van der Waals surface area contributed by atoms with E-state index in [4.69, 9.17) is 0 Å². The predicted molar refractivity (Wildman–Crippen MR) is 77.4 cm³/mol. The molecule has 6 heteroatoms. The molecule has 0 aliphatic heterocycles. The molecule has 0 aliphatic rings. The molecule has 0 heterocycles. The molecule has 0 aliphatic carbocycles. The Labute approximate surface area is 122 Å². The monoisotopic (exact) mass is 374 g/mol. The van der Waals surface area contributed by atoms with E-state index in [0.29, 0.717) is 5.69 Å². The van der Waals surface area contributed by atoms with Crippen molar-refractivity contribution in [1.29, 1.82) is 0 Å². The van der Waals surface area contributed by atoms with Crippen LogP contribution in [0.5, 0.6) is 0 Å². The molecule has 19 heavy (non-hydrogen) atoms. The third kappa shape index (κ3) is 3.19. The van der Waals surface area contributed by atoms with E-state index >= 15 is 0 Å². The molecule has 2 aromatic carbocycles. The Morgan fingerprint density at radius 2 is 1.84 bits per heavy atom. The maximum absolute atomic E-state index is 13.7. The van der Waals surface area contributed by atoms with Gasteiger partial charge in [-0.1, -0.05) is 16.6 Å². The molecule has 2 N–H and O–H groups in total. The van der Waals surface area contributed by atoms with Crippen molar-refractivity contribution in [2.75, 3.05) is 5.32 Å². The first-order chi connectivity index (χ1) is 9.11. The van der Waals surface area contributed by atoms with Crippen LogP contribution in [0.25, 0.3) is 0 Å². The van der Waals surface area contributed by atoms with Gasteiger partial charge in [-0.25, -0.2) is 4.39 Å². The first-order valence-corrected chi connectivity index (χ1v) is 6.42. The second kappa shape index (κ2) is 5.96. The maximum atomic E-state index is 13.7. The van der Waals surface area contributed by atoms with Crippen molar-refractivity contribution in [3.63, 3.8) is 0 Å². The second-order valence-electron chi connectivity index (χ2n) is 3.72. The van der Waals surface area contributed by atoms with Gasteiger partial charge in [-0.3, -0.25) is 4.79 Å². The lowest BCUT2D eigenvalue weighted by Gasteiger charge is -2.11. The summed E-state index contributed by atoms with van der Waals surface area (Å²) in [5, 5.41) is 2.78. The fourth-order valence-corrected chi connectivity index (χ4v) is 2.03. The van der Waals surface area contributed by atoms with Crippen LogP contribution in [-0.2, 0) is 0 Å². The number of halogens is 3. The zero-order valence-electron chi connectivity index (χ0n) is 9.58. The summed E-state index contributed by atoms with van der Waals surface area (Å²) in [5.41, 5.74) is 1.71. The Balaban J connectivity index is 2.35. The van der Waals surface area contributed by atoms with Crippen LogP contribution >= 0.6 is 22.6 Å². The van der Waals surface area contributed by atoms with Gasteiger partial charge < -0.3 is 5.32 Å². The fourth-order valence-electron chi connectivity index (χ4n) is 1.58. The van der Waals surface area contributed by atoms with Crippen LogP contribution in [-0.4, -0.2) is 5.91 Å². The molecule has 0 spiro atoms. The number of anilines is 2. The van der Waals surface area contributed by atoms with E-state index in [1.54, 1.807) is 30.3 Å². The van der Waals surface area contributed by atoms with Crippen LogP contribution in [0.4, 0.5) is 20.2 Å². The number of carbonyl (C=O) groups excluding carboxylic acids is 1. The zero-order chi connectivity index (χ0) is 13.8. The number of nitrogens with one attached hydrogen (secondary N) is 2. The van der Waals surface area contributed by atoms with Crippen molar-refractivity contribution in [1.82, 2.24) is 5.54 Å². The predicted octanol–water partition coefficient (Wildman–Crippen LogP) is 3.79. The van der Waals surface area contributed by atoms with Gasteiger partial charge in [0.15, 0.2) is 0 Å². The number of hydrogen-bond donors (Lipinski definition) is 2. The normalized spacial score (nSPS) is 10.1. The molecule has 0 bridgehead atoms. The molecule has 2 aromatic rings. The Morgan fingerprint density at radius 3 is 2.53 bits per heavy atom. The van der Waals surface area contributed by atoms with Crippen LogP contribution in [0.3, 0.4) is 0 Å². The minimum Gasteiger partial charge on any atom is -0.352 e. The van der Waals surface area contributed by atoms with Crippen LogP contribution < -0.4 is 10.9 Å². The number of amides is 1. The Hall–Kier alpha value is -1.70. The van der Waals surface area contributed by atoms with Gasteiger partial charge in [-0.15, -0.1) is 0 Å². The zero-order valence-corrected chi connectivity index (χ0v) is 11.7. The highest BCUT2D eigenvalue weighted by molar-refractivity contribution is 14.1. The van der Waals surface area contributed by atoms with E-state index in [1.807, 2.05) is 22.6 Å². The molecule has 0 aromatic heterocycles. The molecule has 2 rings (SSSR count). The highest BCUT2D eigenvalue weighted by Crippen LogP contribution is 2.24. The summed E-state index contributed by atoms with van der Waals surface area (Å²) in [6.45, 7) is 0. The lowest BCUT2D eigenvalue weighted by Crippen LogP contribution is -2.15. The maximum Gasteiger partial charge on any atom is 0.281 e. The van der Waals surface area contributed by atoms with E-state index in [2.05, 4.69) is 5.32 Å². The Kier molecular flexibility index (Phi) is 4.31. The summed E-state index contributed by atoms with van der Waals surface area (Å²) in [6.07, 6.45) is 0. The van der Waals surface area contributed by atoms with Gasteiger partial charge in [-0.2, -0.15) is 5.54 Å². The standard InChI is InChI=1S/C13H9F2IN2O/c14-10-7-8(16)5-6-12(10)17-11-4-2-1-3-9(11)13(19)18-15/h1-7,17H,(H,18,19). The molecular formula is C13H9F2IN2O. The highest BCUT2D eigenvalue weighted by atomic mass is 127. The molecule has 98 valence electrons. The number of carbonyl (C=O) groups is 1. The number of para-hydroxylation sites is 1. The van der Waals surface area contributed by atoms with Crippen molar-refractivity contribution in [3.8, 4) is 0 Å². The van der Waals surface area contributed by atoms with Gasteiger partial charge in [0.2, 0.25) is 0 Å². The van der Waals surface area contributed by atoms with Gasteiger partial charge in [0.1, 0.15) is 5.82 Å². The van der Waals surface area contributed by atoms with E-state index in [9.17, 15) is 13.7 Å². The molecule has 0 saturated heterocycles. The van der Waals surface area contributed by atoms with Crippen LogP contribution in [0.1, 0.15) is 10.4 Å². The number of hydrogen-bond acceptors (Lipinski definition) is 2. The van der Waals surface area contributed by atoms with E-state index in [1.165, 1.54) is 12.1 Å². The third-order valence-corrected chi connectivity index (χ3v) is 3.13. The van der Waals surface area contributed by atoms with Gasteiger partial charge in [0.25, 0.3) is 5.91 Å². The third-order valence-electron chi connectivity index (χ3n) is 2.46. The molecule has 1 amide bonds. The molecule has 0 saturated carbocycles. The highest BCUT2D eigenvalue weighted by Gasteiger charge is 2.12. The first kappa shape index (κ1) is 13.7. The van der Waals surface area contributed by atoms with Crippen molar-refractivity contribution in [2.24, 2.45) is 0 Å². The minimum atomic E-state index is -0.881. The van der Waals surface area contributed by atoms with E-state index < -0.39 is 11.7 Å². The summed E-state index contributed by atoms with van der Waals surface area (Å²) >= 11 is 1.99. The van der Waals surface area contributed by atoms with Crippen LogP contribution in [0.15, 0.2) is 42.5 Å². The molecule has 0 atom stereocenters. The lowest BCUT2D eigenvalue weighted by atomic mass is 10.1. The van der Waals surface area contributed by atoms with E-state index in [0.717, 1.165) is 9.11 Å². The SMILES string of the molecule is O=C(NF)c1ccccc1Nc1ccc(I)cc1F. The molecule has 3 nitrogen and oxygen atoms in total. The van der Waals surface area contributed by atoms with Gasteiger partial charge >= 0.3 is 0 Å². The largest absolute Gasteiger partial charge is 0.352 e. The summed E-state index contributed by atoms with van der Waals surface area (Å²) in [6, 6.07) is 10.9. The first-order valence-electron chi connectivity index (χ1n) is 5.34. The summed E-state index contributed by atoms with van der Waals surface area (Å²) in [5.74, 6) is -1.32. The Morgan fingerprint density at radius 1 is 1.11 bits per heavy atom. The molecule has 0 radical (unpaired) electrons. The van der Waals surface area contributed by atoms with Crippen LogP contribution in [0, 0.1) is 9.39 Å². The summed E-state index contributed by atoms with van der Waals surface area (Å²) in [4.78, 5) is 11.3. The Bertz CT molecular complexity index is 619. The van der Waals surface area contributed by atoms with Crippen molar-refractivity contribution in [2.45, 2.75) is 0 Å². The quantitative estimate of drug-likeness (QED) is 0.634. The second-order valence-corrected chi connectivity index (χ2v) is 4.96. The summed E-state index contributed by atoms with van der Waals surface area (Å²) < 4.78 is 26.7. The van der Waals surface area contributed by atoms with Gasteiger partial charge in [0.05, 0.1) is 16.9 Å². The minimum absolute atomic E-state index is 0.1000. The van der Waals surface area contributed by atoms with Gasteiger partial charge in [0, 0.05) is 3.57 Å². The molecule has 0 unspecified atom stereocenters. The molecule has 0 fully saturated rings. The summed E-state index contributed by atoms with van der Waals surface area (Å²) in [7, 11) is 0. The smallest absolute Gasteiger partial charge is 0.281 e.